The van der Waals surface area contributed by atoms with Crippen LogP contribution >= 0.6 is 11.3 Å². The summed E-state index contributed by atoms with van der Waals surface area (Å²) in [5.41, 5.74) is 0. The lowest BCUT2D eigenvalue weighted by Gasteiger charge is -2.22. The summed E-state index contributed by atoms with van der Waals surface area (Å²) >= 11 is 1.78. The average Bonchev–Trinajstić information content (AvgIpc) is 2.75. The fraction of sp³-hybridized carbons (Fsp3) is 0.545. The molecule has 3 heteroatoms. The van der Waals surface area contributed by atoms with Crippen LogP contribution in [0, 0.1) is 0 Å². The predicted molar refractivity (Wildman–Crippen MR) is 58.4 cm³/mol. The maximum Gasteiger partial charge on any atom is 0.134 e. The second kappa shape index (κ2) is 4.24. The minimum atomic E-state index is 0.424. The molecule has 0 spiro atoms. The Morgan fingerprint density at radius 1 is 1.64 bits per heavy atom. The second-order valence-electron chi connectivity index (χ2n) is 3.93. The molecule has 2 rings (SSSR count). The highest BCUT2D eigenvalue weighted by Gasteiger charge is 2.25. The number of rotatable bonds is 3. The van der Waals surface area contributed by atoms with E-state index in [9.17, 15) is 4.79 Å². The van der Waals surface area contributed by atoms with E-state index in [1.807, 2.05) is 0 Å². The molecule has 1 saturated carbocycles. The summed E-state index contributed by atoms with van der Waals surface area (Å²) in [4.78, 5) is 14.8. The highest BCUT2D eigenvalue weighted by molar-refractivity contribution is 7.09. The molecule has 0 aromatic carbocycles. The summed E-state index contributed by atoms with van der Waals surface area (Å²) in [6.07, 6.45) is 2.57. The van der Waals surface area contributed by atoms with Gasteiger partial charge in [0.05, 0.1) is 0 Å². The van der Waals surface area contributed by atoms with Crippen LogP contribution in [0.15, 0.2) is 17.5 Å². The Labute approximate surface area is 88.5 Å². The fourth-order valence-electron chi connectivity index (χ4n) is 1.95. The topological polar surface area (TPSA) is 20.3 Å². The van der Waals surface area contributed by atoms with Crippen LogP contribution in [0.2, 0.25) is 0 Å². The Balaban J connectivity index is 1.89. The van der Waals surface area contributed by atoms with Crippen LogP contribution < -0.4 is 0 Å². The molecule has 0 aliphatic heterocycles. The van der Waals surface area contributed by atoms with Crippen LogP contribution in [0.1, 0.15) is 24.1 Å². The maximum atomic E-state index is 11.1. The Kier molecular flexibility index (Phi) is 2.99. The van der Waals surface area contributed by atoms with Crippen molar-refractivity contribution in [2.24, 2.45) is 0 Å². The molecule has 1 aromatic rings. The van der Waals surface area contributed by atoms with Crippen LogP contribution in [-0.2, 0) is 11.3 Å². The molecule has 1 heterocycles. The van der Waals surface area contributed by atoms with Gasteiger partial charge >= 0.3 is 0 Å². The van der Waals surface area contributed by atoms with Crippen molar-refractivity contribution in [3.05, 3.63) is 22.4 Å². The lowest BCUT2D eigenvalue weighted by Crippen LogP contribution is -2.28. The Morgan fingerprint density at radius 2 is 2.50 bits per heavy atom. The summed E-state index contributed by atoms with van der Waals surface area (Å²) in [6.45, 7) is 0.982. The van der Waals surface area contributed by atoms with Gasteiger partial charge in [-0.25, -0.2) is 0 Å². The number of nitrogens with zero attached hydrogens (tertiary/aromatic N) is 1. The van der Waals surface area contributed by atoms with E-state index in [0.29, 0.717) is 11.8 Å². The zero-order valence-corrected chi connectivity index (χ0v) is 9.22. The number of ketones is 1. The molecule has 0 bridgehead atoms. The maximum absolute atomic E-state index is 11.1. The lowest BCUT2D eigenvalue weighted by molar-refractivity contribution is -0.117. The number of thiophene rings is 1. The highest BCUT2D eigenvalue weighted by Crippen LogP contribution is 2.22. The number of carbonyl (C=O) groups excluding carboxylic acids is 1. The van der Waals surface area contributed by atoms with Crippen molar-refractivity contribution < 1.29 is 4.79 Å². The molecular formula is C11H15NOS. The molecule has 0 saturated heterocycles. The number of carbonyl (C=O) groups is 1. The van der Waals surface area contributed by atoms with Crippen molar-refractivity contribution in [2.45, 2.75) is 31.8 Å². The van der Waals surface area contributed by atoms with Crippen molar-refractivity contribution in [1.29, 1.82) is 0 Å². The van der Waals surface area contributed by atoms with Crippen molar-refractivity contribution in [3.8, 4) is 0 Å². The summed E-state index contributed by atoms with van der Waals surface area (Å²) < 4.78 is 0. The number of hydrogen-bond acceptors (Lipinski definition) is 3. The third-order valence-corrected chi connectivity index (χ3v) is 3.69. The zero-order chi connectivity index (χ0) is 9.97. The molecule has 1 aromatic heterocycles. The van der Waals surface area contributed by atoms with Gasteiger partial charge in [0.2, 0.25) is 0 Å². The number of Topliss-reactive ketones (excluding diaryl/α,β-unsaturated/α-hetero) is 1. The van der Waals surface area contributed by atoms with Crippen LogP contribution in [0.25, 0.3) is 0 Å². The molecular weight excluding hydrogens is 194 g/mol. The zero-order valence-electron chi connectivity index (χ0n) is 8.40. The SMILES string of the molecule is CN(Cc1cccs1)C1CCC(=O)C1. The third kappa shape index (κ3) is 2.22. The monoisotopic (exact) mass is 209 g/mol. The molecule has 0 N–H and O–H groups in total. The van der Waals surface area contributed by atoms with Gasteiger partial charge in [0, 0.05) is 30.3 Å². The van der Waals surface area contributed by atoms with E-state index in [4.69, 9.17) is 0 Å². The molecule has 2 nitrogen and oxygen atoms in total. The van der Waals surface area contributed by atoms with Gasteiger partial charge in [-0.15, -0.1) is 11.3 Å². The van der Waals surface area contributed by atoms with Crippen LogP contribution in [0.3, 0.4) is 0 Å². The van der Waals surface area contributed by atoms with E-state index in [2.05, 4.69) is 29.5 Å². The molecule has 76 valence electrons. The van der Waals surface area contributed by atoms with Crippen molar-refractivity contribution >= 4 is 17.1 Å². The molecule has 1 fully saturated rings. The molecule has 14 heavy (non-hydrogen) atoms. The first-order chi connectivity index (χ1) is 6.75. The van der Waals surface area contributed by atoms with Gasteiger partial charge < -0.3 is 0 Å². The van der Waals surface area contributed by atoms with Gasteiger partial charge in [-0.1, -0.05) is 6.07 Å². The smallest absolute Gasteiger partial charge is 0.134 e. The molecule has 0 amide bonds. The molecule has 1 aliphatic rings. The standard InChI is InChI=1S/C11H15NOS/c1-12(8-11-3-2-6-14-11)9-4-5-10(13)7-9/h2-3,6,9H,4-5,7-8H2,1H3. The van der Waals surface area contributed by atoms with Crippen LogP contribution in [0.5, 0.6) is 0 Å². The van der Waals surface area contributed by atoms with Gasteiger partial charge in [0.25, 0.3) is 0 Å². The van der Waals surface area contributed by atoms with E-state index in [0.717, 1.165) is 25.8 Å². The normalized spacial score (nSPS) is 22.1. The van der Waals surface area contributed by atoms with Crippen LogP contribution in [0.4, 0.5) is 0 Å². The van der Waals surface area contributed by atoms with Gasteiger partial charge in [-0.05, 0) is 24.9 Å². The summed E-state index contributed by atoms with van der Waals surface area (Å²) in [6, 6.07) is 4.70. The van der Waals surface area contributed by atoms with Gasteiger partial charge in [-0.3, -0.25) is 9.69 Å². The Morgan fingerprint density at radius 3 is 3.07 bits per heavy atom. The summed E-state index contributed by atoms with van der Waals surface area (Å²) in [7, 11) is 2.11. The van der Waals surface area contributed by atoms with Crippen LogP contribution in [-0.4, -0.2) is 23.8 Å². The largest absolute Gasteiger partial charge is 0.300 e. The van der Waals surface area contributed by atoms with Gasteiger partial charge in [0.15, 0.2) is 0 Å². The van der Waals surface area contributed by atoms with E-state index in [1.165, 1.54) is 4.88 Å². The van der Waals surface area contributed by atoms with Gasteiger partial charge in [-0.2, -0.15) is 0 Å². The Bertz CT molecular complexity index is 307. The van der Waals surface area contributed by atoms with Crippen molar-refractivity contribution in [2.75, 3.05) is 7.05 Å². The summed E-state index contributed by atoms with van der Waals surface area (Å²) in [5.74, 6) is 0.424. The van der Waals surface area contributed by atoms with E-state index in [-0.39, 0.29) is 0 Å². The van der Waals surface area contributed by atoms with Crippen molar-refractivity contribution in [1.82, 2.24) is 4.90 Å². The average molecular weight is 209 g/mol. The molecule has 0 radical (unpaired) electrons. The quantitative estimate of drug-likeness (QED) is 0.761. The molecule has 1 aliphatic carbocycles. The van der Waals surface area contributed by atoms with E-state index >= 15 is 0 Å². The molecule has 1 unspecified atom stereocenters. The fourth-order valence-corrected chi connectivity index (χ4v) is 2.72. The summed E-state index contributed by atoms with van der Waals surface area (Å²) in [5, 5.41) is 2.10. The van der Waals surface area contributed by atoms with E-state index < -0.39 is 0 Å². The Hall–Kier alpha value is -0.670. The minimum absolute atomic E-state index is 0.424. The van der Waals surface area contributed by atoms with Gasteiger partial charge in [0.1, 0.15) is 5.78 Å². The van der Waals surface area contributed by atoms with E-state index in [1.54, 1.807) is 11.3 Å². The predicted octanol–water partition coefficient (Wildman–Crippen LogP) is 2.30. The highest BCUT2D eigenvalue weighted by atomic mass is 32.1. The first kappa shape index (κ1) is 9.87. The van der Waals surface area contributed by atoms with Crippen molar-refractivity contribution in [3.63, 3.8) is 0 Å². The lowest BCUT2D eigenvalue weighted by atomic mass is 10.2. The third-order valence-electron chi connectivity index (χ3n) is 2.83. The number of hydrogen-bond donors (Lipinski definition) is 0. The molecule has 1 atom stereocenters. The first-order valence-electron chi connectivity index (χ1n) is 5.00. The second-order valence-corrected chi connectivity index (χ2v) is 4.96. The first-order valence-corrected chi connectivity index (χ1v) is 5.88. The minimum Gasteiger partial charge on any atom is -0.300 e.